The number of urea groups is 1. The highest BCUT2D eigenvalue weighted by atomic mass is 16.3. The largest absolute Gasteiger partial charge is 0.508 e. The number of amides is 2. The number of carbonyl (C=O) groups excluding carboxylic acids is 1. The molecule has 142 valence electrons. The molecule has 5 nitrogen and oxygen atoms in total. The lowest BCUT2D eigenvalue weighted by Crippen LogP contribution is -2.66. The minimum Gasteiger partial charge on any atom is -0.508 e. The Morgan fingerprint density at radius 2 is 2.00 bits per heavy atom. The van der Waals surface area contributed by atoms with E-state index in [-0.39, 0.29) is 35.6 Å². The molecule has 2 N–H and O–H groups in total. The molecule has 2 amide bonds. The molecule has 2 heterocycles. The highest BCUT2D eigenvalue weighted by molar-refractivity contribution is 5.76. The smallest absolute Gasteiger partial charge is 0.320 e. The molecule has 1 aliphatic carbocycles. The number of aliphatic hydroxyl groups excluding tert-OH is 1. The van der Waals surface area contributed by atoms with Crippen LogP contribution in [-0.2, 0) is 11.8 Å². The van der Waals surface area contributed by atoms with Crippen molar-refractivity contribution in [2.45, 2.75) is 64.0 Å². The van der Waals surface area contributed by atoms with Crippen molar-refractivity contribution < 1.29 is 15.0 Å². The fourth-order valence-corrected chi connectivity index (χ4v) is 5.60. The van der Waals surface area contributed by atoms with Gasteiger partial charge in [0.15, 0.2) is 0 Å². The van der Waals surface area contributed by atoms with E-state index in [9.17, 15) is 15.0 Å². The van der Waals surface area contributed by atoms with Crippen LogP contribution in [0.25, 0.3) is 0 Å². The first-order valence-corrected chi connectivity index (χ1v) is 9.80. The van der Waals surface area contributed by atoms with E-state index < -0.39 is 0 Å². The number of rotatable bonds is 1. The van der Waals surface area contributed by atoms with Gasteiger partial charge in [0.25, 0.3) is 0 Å². The Morgan fingerprint density at radius 1 is 1.23 bits per heavy atom. The van der Waals surface area contributed by atoms with Crippen LogP contribution in [0.15, 0.2) is 18.2 Å². The van der Waals surface area contributed by atoms with Gasteiger partial charge >= 0.3 is 6.03 Å². The first kappa shape index (κ1) is 17.7. The van der Waals surface area contributed by atoms with Crippen molar-refractivity contribution in [3.8, 4) is 5.75 Å². The van der Waals surface area contributed by atoms with Crippen LogP contribution in [0.2, 0.25) is 0 Å². The normalized spacial score (nSPS) is 32.5. The van der Waals surface area contributed by atoms with E-state index in [4.69, 9.17) is 0 Å². The van der Waals surface area contributed by atoms with E-state index in [1.165, 1.54) is 5.56 Å². The fourth-order valence-electron chi connectivity index (χ4n) is 5.60. The summed E-state index contributed by atoms with van der Waals surface area (Å²) in [6.45, 7) is 8.30. The number of benzene rings is 1. The van der Waals surface area contributed by atoms with E-state index >= 15 is 0 Å². The highest BCUT2D eigenvalue weighted by Gasteiger charge is 2.57. The van der Waals surface area contributed by atoms with Gasteiger partial charge in [-0.25, -0.2) is 4.79 Å². The van der Waals surface area contributed by atoms with E-state index in [1.807, 2.05) is 15.9 Å². The van der Waals surface area contributed by atoms with Gasteiger partial charge < -0.3 is 20.0 Å². The SMILES string of the molecule is CC1(C)[C@H]2Cc3c(O)cccc3[C@]1(C)CCN2C(=O)N1CCCC1CO. The predicted molar refractivity (Wildman–Crippen MR) is 100 cm³/mol. The number of likely N-dealkylation sites (tertiary alicyclic amines) is 2. The third kappa shape index (κ3) is 2.22. The van der Waals surface area contributed by atoms with Gasteiger partial charge in [0, 0.05) is 24.5 Å². The summed E-state index contributed by atoms with van der Waals surface area (Å²) >= 11 is 0. The quantitative estimate of drug-likeness (QED) is 0.811. The van der Waals surface area contributed by atoms with Gasteiger partial charge in [0.1, 0.15) is 5.75 Å². The second kappa shape index (κ2) is 5.88. The number of carbonyl (C=O) groups is 1. The average molecular weight is 358 g/mol. The number of aromatic hydroxyl groups is 1. The first-order chi connectivity index (χ1) is 12.3. The van der Waals surface area contributed by atoms with Crippen molar-refractivity contribution in [1.29, 1.82) is 0 Å². The number of hydrogen-bond donors (Lipinski definition) is 2. The third-order valence-electron chi connectivity index (χ3n) is 7.71. The van der Waals surface area contributed by atoms with Crippen LogP contribution in [-0.4, -0.2) is 57.8 Å². The maximum atomic E-state index is 13.3. The molecule has 0 radical (unpaired) electrons. The number of aliphatic hydroxyl groups is 1. The molecule has 2 aliphatic heterocycles. The fraction of sp³-hybridized carbons (Fsp3) is 0.667. The summed E-state index contributed by atoms with van der Waals surface area (Å²) in [5.74, 6) is 0.345. The number of phenolic OH excluding ortho intramolecular Hbond substituents is 1. The molecular weight excluding hydrogens is 328 g/mol. The zero-order chi connectivity index (χ0) is 18.7. The van der Waals surface area contributed by atoms with Gasteiger partial charge in [0.2, 0.25) is 0 Å². The van der Waals surface area contributed by atoms with E-state index in [0.717, 1.165) is 37.9 Å². The highest BCUT2D eigenvalue weighted by Crippen LogP contribution is 2.57. The number of hydrogen-bond acceptors (Lipinski definition) is 3. The summed E-state index contributed by atoms with van der Waals surface area (Å²) in [6, 6.07) is 5.89. The zero-order valence-corrected chi connectivity index (χ0v) is 16.0. The van der Waals surface area contributed by atoms with Gasteiger partial charge in [0.05, 0.1) is 12.6 Å². The summed E-state index contributed by atoms with van der Waals surface area (Å²) in [4.78, 5) is 17.2. The van der Waals surface area contributed by atoms with Gasteiger partial charge in [-0.15, -0.1) is 0 Å². The molecule has 5 heteroatoms. The summed E-state index contributed by atoms with van der Waals surface area (Å²) < 4.78 is 0. The van der Waals surface area contributed by atoms with Crippen LogP contribution in [0, 0.1) is 5.41 Å². The van der Waals surface area contributed by atoms with Gasteiger partial charge in [-0.2, -0.15) is 0 Å². The standard InChI is InChI=1S/C21H30N2O3/c1-20(2)18-12-15-16(7-4-8-17(15)25)21(20,3)9-11-23(18)19(26)22-10-5-6-14(22)13-24/h4,7-8,14,18,24-25H,5-6,9-13H2,1-3H3/t14?,18-,21+/m1/s1. The Hall–Kier alpha value is -1.75. The lowest BCUT2D eigenvalue weighted by Gasteiger charge is -2.61. The second-order valence-electron chi connectivity index (χ2n) is 8.97. The van der Waals surface area contributed by atoms with Gasteiger partial charge in [-0.1, -0.05) is 32.9 Å². The molecule has 2 bridgehead atoms. The van der Waals surface area contributed by atoms with Crippen molar-refractivity contribution in [3.05, 3.63) is 29.3 Å². The molecule has 0 aromatic heterocycles. The Bertz CT molecular complexity index is 732. The predicted octanol–water partition coefficient (Wildman–Crippen LogP) is 2.88. The zero-order valence-electron chi connectivity index (χ0n) is 16.0. The molecular formula is C21H30N2O3. The molecule has 1 unspecified atom stereocenters. The van der Waals surface area contributed by atoms with E-state index in [1.54, 1.807) is 6.07 Å². The monoisotopic (exact) mass is 358 g/mol. The summed E-state index contributed by atoms with van der Waals surface area (Å²) in [7, 11) is 0. The van der Waals surface area contributed by atoms with Crippen molar-refractivity contribution >= 4 is 6.03 Å². The molecule has 26 heavy (non-hydrogen) atoms. The molecule has 3 atom stereocenters. The van der Waals surface area contributed by atoms with Crippen LogP contribution < -0.4 is 0 Å². The van der Waals surface area contributed by atoms with Gasteiger partial charge in [-0.3, -0.25) is 0 Å². The van der Waals surface area contributed by atoms with Crippen LogP contribution in [0.3, 0.4) is 0 Å². The molecule has 4 rings (SSSR count). The summed E-state index contributed by atoms with van der Waals surface area (Å²) in [6.07, 6.45) is 3.41. The topological polar surface area (TPSA) is 64.0 Å². The maximum Gasteiger partial charge on any atom is 0.320 e. The summed E-state index contributed by atoms with van der Waals surface area (Å²) in [5, 5.41) is 20.1. The Balaban J connectivity index is 1.73. The second-order valence-corrected chi connectivity index (χ2v) is 8.97. The molecule has 1 aromatic carbocycles. The Kier molecular flexibility index (Phi) is 3.99. The molecule has 2 saturated heterocycles. The summed E-state index contributed by atoms with van der Waals surface area (Å²) in [5.41, 5.74) is 2.08. The van der Waals surface area contributed by atoms with Crippen molar-refractivity contribution in [2.24, 2.45) is 5.41 Å². The number of fused-ring (bicyclic) bond motifs is 4. The lowest BCUT2D eigenvalue weighted by atomic mass is 9.51. The van der Waals surface area contributed by atoms with E-state index in [2.05, 4.69) is 26.8 Å². The van der Waals surface area contributed by atoms with Crippen molar-refractivity contribution in [1.82, 2.24) is 9.80 Å². The number of piperidine rings is 1. The van der Waals surface area contributed by atoms with Gasteiger partial charge in [-0.05, 0) is 48.3 Å². The van der Waals surface area contributed by atoms with Crippen molar-refractivity contribution in [3.63, 3.8) is 0 Å². The minimum atomic E-state index is -0.0872. The van der Waals surface area contributed by atoms with Crippen LogP contribution in [0.1, 0.15) is 51.2 Å². The van der Waals surface area contributed by atoms with Crippen LogP contribution >= 0.6 is 0 Å². The molecule has 3 aliphatic rings. The lowest BCUT2D eigenvalue weighted by molar-refractivity contribution is -0.0256. The first-order valence-electron chi connectivity index (χ1n) is 9.80. The molecule has 2 fully saturated rings. The van der Waals surface area contributed by atoms with E-state index in [0.29, 0.717) is 12.2 Å². The Labute approximate surface area is 155 Å². The average Bonchev–Trinajstić information content (AvgIpc) is 3.07. The van der Waals surface area contributed by atoms with Crippen molar-refractivity contribution in [2.75, 3.05) is 19.7 Å². The Morgan fingerprint density at radius 3 is 2.73 bits per heavy atom. The van der Waals surface area contributed by atoms with Crippen LogP contribution in [0.5, 0.6) is 5.75 Å². The molecule has 1 aromatic rings. The molecule has 0 spiro atoms. The number of nitrogens with zero attached hydrogens (tertiary/aromatic N) is 2. The minimum absolute atomic E-state index is 0.0367. The van der Waals surface area contributed by atoms with Crippen LogP contribution in [0.4, 0.5) is 4.79 Å². The maximum absolute atomic E-state index is 13.3. The molecule has 0 saturated carbocycles. The third-order valence-corrected chi connectivity index (χ3v) is 7.71. The number of phenols is 1.